The van der Waals surface area contributed by atoms with Crippen LogP contribution >= 0.6 is 11.8 Å². The number of hydrogen-bond donors (Lipinski definition) is 2. The first-order chi connectivity index (χ1) is 11.1. The lowest BCUT2D eigenvalue weighted by molar-refractivity contribution is -0.0567. The van der Waals surface area contributed by atoms with Crippen LogP contribution in [-0.4, -0.2) is 42.9 Å². The van der Waals surface area contributed by atoms with Gasteiger partial charge in [0.2, 0.25) is 0 Å². The van der Waals surface area contributed by atoms with Crippen LogP contribution in [0, 0.1) is 11.5 Å². The van der Waals surface area contributed by atoms with Gasteiger partial charge in [-0.3, -0.25) is 10.3 Å². The molecule has 1 aromatic rings. The number of nitrogens with one attached hydrogen (secondary N) is 1. The third kappa shape index (κ3) is 3.66. The van der Waals surface area contributed by atoms with Crippen molar-refractivity contribution in [2.45, 2.75) is 36.5 Å². The zero-order chi connectivity index (χ0) is 18.1. The summed E-state index contributed by atoms with van der Waals surface area (Å²) in [5.74, 6) is 0.462. The Morgan fingerprint density at radius 2 is 2.17 bits per heavy atom. The number of thioether (sulfide) groups is 1. The first kappa shape index (κ1) is 18.6. The van der Waals surface area contributed by atoms with Crippen LogP contribution in [0.15, 0.2) is 28.1 Å². The van der Waals surface area contributed by atoms with Gasteiger partial charge in [-0.05, 0) is 38.3 Å². The van der Waals surface area contributed by atoms with E-state index in [9.17, 15) is 13.5 Å². The molecule has 7 nitrogen and oxygen atoms in total. The molecule has 0 aliphatic carbocycles. The van der Waals surface area contributed by atoms with Crippen molar-refractivity contribution in [2.24, 2.45) is 4.99 Å². The van der Waals surface area contributed by atoms with Crippen molar-refractivity contribution >= 4 is 26.8 Å². The quantitative estimate of drug-likeness (QED) is 0.351. The van der Waals surface area contributed by atoms with Gasteiger partial charge in [-0.15, -0.1) is 0 Å². The fourth-order valence-electron chi connectivity index (χ4n) is 2.43. The standard InChI is InChI=1S/C15H19N3O4S2/c1-15(2)13(19)12(18-14(23-3)17-8-16)10-7-9(24(4,20)21)5-6-11(10)22-15/h5-7,12-13,19H,1-4H3,(H,17,18)/t12-,13+/m1/s1. The average molecular weight is 369 g/mol. The molecule has 2 N–H and O–H groups in total. The summed E-state index contributed by atoms with van der Waals surface area (Å²) in [5.41, 5.74) is -0.444. The second kappa shape index (κ2) is 6.63. The third-order valence-electron chi connectivity index (χ3n) is 3.72. The van der Waals surface area contributed by atoms with E-state index in [4.69, 9.17) is 10.00 Å². The molecule has 2 rings (SSSR count). The molecule has 0 aromatic heterocycles. The summed E-state index contributed by atoms with van der Waals surface area (Å²) < 4.78 is 29.4. The summed E-state index contributed by atoms with van der Waals surface area (Å²) in [4.78, 5) is 4.53. The Kier molecular flexibility index (Phi) is 5.13. The lowest BCUT2D eigenvalue weighted by Crippen LogP contribution is -2.48. The van der Waals surface area contributed by atoms with E-state index in [1.165, 1.54) is 23.9 Å². The largest absolute Gasteiger partial charge is 0.485 e. The van der Waals surface area contributed by atoms with Crippen LogP contribution < -0.4 is 10.1 Å². The highest BCUT2D eigenvalue weighted by Crippen LogP contribution is 2.43. The monoisotopic (exact) mass is 369 g/mol. The number of fused-ring (bicyclic) bond motifs is 1. The zero-order valence-electron chi connectivity index (χ0n) is 13.8. The van der Waals surface area contributed by atoms with Crippen LogP contribution in [0.3, 0.4) is 0 Å². The molecule has 0 saturated carbocycles. The molecule has 0 amide bonds. The fraction of sp³-hybridized carbons (Fsp3) is 0.467. The van der Waals surface area contributed by atoms with E-state index in [1.54, 1.807) is 32.4 Å². The highest BCUT2D eigenvalue weighted by molar-refractivity contribution is 8.13. The van der Waals surface area contributed by atoms with Crippen molar-refractivity contribution in [3.05, 3.63) is 23.8 Å². The van der Waals surface area contributed by atoms with Crippen molar-refractivity contribution < 1.29 is 18.3 Å². The van der Waals surface area contributed by atoms with E-state index in [-0.39, 0.29) is 4.90 Å². The summed E-state index contributed by atoms with van der Waals surface area (Å²) in [5, 5.41) is 22.2. The Morgan fingerprint density at radius 1 is 1.50 bits per heavy atom. The highest BCUT2D eigenvalue weighted by Gasteiger charge is 2.43. The van der Waals surface area contributed by atoms with Gasteiger partial charge < -0.3 is 9.84 Å². The predicted octanol–water partition coefficient (Wildman–Crippen LogP) is 1.45. The number of benzene rings is 1. The number of ether oxygens (including phenoxy) is 1. The summed E-state index contributed by atoms with van der Waals surface area (Å²) in [6, 6.07) is 3.74. The predicted molar refractivity (Wildman–Crippen MR) is 92.7 cm³/mol. The normalized spacial score (nSPS) is 22.9. The van der Waals surface area contributed by atoms with E-state index in [1.807, 2.05) is 0 Å². The van der Waals surface area contributed by atoms with Crippen LogP contribution in [0.2, 0.25) is 0 Å². The van der Waals surface area contributed by atoms with Gasteiger partial charge in [0.15, 0.2) is 21.2 Å². The number of hydrogen-bond acceptors (Lipinski definition) is 7. The molecule has 130 valence electrons. The fourth-order valence-corrected chi connectivity index (χ4v) is 3.45. The van der Waals surface area contributed by atoms with E-state index in [0.29, 0.717) is 16.5 Å². The average Bonchev–Trinajstić information content (AvgIpc) is 2.49. The SMILES string of the molecule is CSC(=N[C@@H]1c2cc(S(C)(=O)=O)ccc2OC(C)(C)[C@H]1O)NC#N. The molecule has 1 aromatic carbocycles. The molecule has 0 fully saturated rings. The number of aliphatic hydroxyl groups excluding tert-OH is 1. The maximum atomic E-state index is 11.8. The van der Waals surface area contributed by atoms with Crippen molar-refractivity contribution in [1.82, 2.24) is 5.32 Å². The minimum atomic E-state index is -3.41. The summed E-state index contributed by atoms with van der Waals surface area (Å²) in [6.45, 7) is 3.45. The molecule has 24 heavy (non-hydrogen) atoms. The Labute approximate surface area is 145 Å². The highest BCUT2D eigenvalue weighted by atomic mass is 32.2. The lowest BCUT2D eigenvalue weighted by atomic mass is 9.87. The topological polar surface area (TPSA) is 112 Å². The van der Waals surface area contributed by atoms with Gasteiger partial charge in [0.25, 0.3) is 0 Å². The lowest BCUT2D eigenvalue weighted by Gasteiger charge is -2.40. The number of nitrogens with zero attached hydrogens (tertiary/aromatic N) is 2. The van der Waals surface area contributed by atoms with Gasteiger partial charge in [0.1, 0.15) is 23.5 Å². The van der Waals surface area contributed by atoms with Crippen LogP contribution in [0.5, 0.6) is 5.75 Å². The minimum absolute atomic E-state index is 0.121. The van der Waals surface area contributed by atoms with Crippen molar-refractivity contribution in [3.63, 3.8) is 0 Å². The van der Waals surface area contributed by atoms with E-state index in [0.717, 1.165) is 6.26 Å². The molecule has 0 unspecified atom stereocenters. The second-order valence-corrected chi connectivity index (χ2v) is 8.75. The van der Waals surface area contributed by atoms with E-state index in [2.05, 4.69) is 10.3 Å². The summed E-state index contributed by atoms with van der Waals surface area (Å²) in [7, 11) is -3.41. The summed E-state index contributed by atoms with van der Waals surface area (Å²) >= 11 is 1.22. The Balaban J connectivity index is 2.63. The van der Waals surface area contributed by atoms with Gasteiger partial charge in [-0.2, -0.15) is 5.26 Å². The van der Waals surface area contributed by atoms with Gasteiger partial charge in [0, 0.05) is 11.8 Å². The van der Waals surface area contributed by atoms with E-state index >= 15 is 0 Å². The van der Waals surface area contributed by atoms with Crippen LogP contribution in [0.4, 0.5) is 0 Å². The molecule has 2 atom stereocenters. The van der Waals surface area contributed by atoms with Crippen LogP contribution in [0.1, 0.15) is 25.5 Å². The number of amidine groups is 1. The first-order valence-electron chi connectivity index (χ1n) is 7.08. The molecule has 1 aliphatic rings. The molecule has 0 saturated heterocycles. The number of aliphatic hydroxyl groups is 1. The van der Waals surface area contributed by atoms with Gasteiger partial charge >= 0.3 is 0 Å². The number of nitriles is 1. The molecular weight excluding hydrogens is 350 g/mol. The molecule has 1 aliphatic heterocycles. The molecule has 0 radical (unpaired) electrons. The van der Waals surface area contributed by atoms with Gasteiger partial charge in [-0.25, -0.2) is 8.42 Å². The molecular formula is C15H19N3O4S2. The van der Waals surface area contributed by atoms with E-state index < -0.39 is 27.6 Å². The van der Waals surface area contributed by atoms with Crippen LogP contribution in [-0.2, 0) is 9.84 Å². The number of rotatable bonds is 2. The maximum absolute atomic E-state index is 11.8. The molecule has 9 heteroatoms. The maximum Gasteiger partial charge on any atom is 0.183 e. The Morgan fingerprint density at radius 3 is 2.71 bits per heavy atom. The third-order valence-corrected chi connectivity index (χ3v) is 5.43. The van der Waals surface area contributed by atoms with Gasteiger partial charge in [-0.1, -0.05) is 11.8 Å². The minimum Gasteiger partial charge on any atom is -0.485 e. The number of aliphatic imine (C=N–C) groups is 1. The smallest absolute Gasteiger partial charge is 0.183 e. The van der Waals surface area contributed by atoms with Gasteiger partial charge in [0.05, 0.1) is 4.90 Å². The second-order valence-electron chi connectivity index (χ2n) is 5.94. The zero-order valence-corrected chi connectivity index (χ0v) is 15.4. The Bertz CT molecular complexity index is 812. The molecule has 0 bridgehead atoms. The van der Waals surface area contributed by atoms with Crippen molar-refractivity contribution in [2.75, 3.05) is 12.5 Å². The van der Waals surface area contributed by atoms with Crippen molar-refractivity contribution in [1.29, 1.82) is 5.26 Å². The van der Waals surface area contributed by atoms with Crippen molar-refractivity contribution in [3.8, 4) is 11.9 Å². The first-order valence-corrected chi connectivity index (χ1v) is 10.2. The number of sulfone groups is 1. The summed E-state index contributed by atoms with van der Waals surface area (Å²) in [6.07, 6.45) is 3.64. The molecule has 1 heterocycles. The van der Waals surface area contributed by atoms with Crippen LogP contribution in [0.25, 0.3) is 0 Å². The Hall–Kier alpha value is -1.76. The molecule has 0 spiro atoms.